The number of hydrogen-bond donors (Lipinski definition) is 0. The largest absolute Gasteiger partial charge is 0.433 e. The van der Waals surface area contributed by atoms with Gasteiger partial charge in [0.25, 0.3) is 0 Å². The SMILES string of the molecule is CS(=O)(=O)c1ccc(-c2nc(CC3CC3)oc2Sc2ccc(Cl)cn2)cn1. The van der Waals surface area contributed by atoms with Crippen LogP contribution >= 0.6 is 23.4 Å². The zero-order valence-electron chi connectivity index (χ0n) is 14.4. The molecule has 0 spiro atoms. The first-order valence-corrected chi connectivity index (χ1v) is 11.4. The van der Waals surface area contributed by atoms with Crippen molar-refractivity contribution in [1.29, 1.82) is 0 Å². The van der Waals surface area contributed by atoms with E-state index >= 15 is 0 Å². The quantitative estimate of drug-likeness (QED) is 0.586. The number of aromatic nitrogens is 3. The highest BCUT2D eigenvalue weighted by molar-refractivity contribution is 7.99. The van der Waals surface area contributed by atoms with Gasteiger partial charge in [0.05, 0.1) is 5.02 Å². The first-order chi connectivity index (χ1) is 12.9. The van der Waals surface area contributed by atoms with Crippen molar-refractivity contribution < 1.29 is 12.8 Å². The van der Waals surface area contributed by atoms with Crippen molar-refractivity contribution in [3.8, 4) is 11.3 Å². The van der Waals surface area contributed by atoms with Crippen molar-refractivity contribution in [2.45, 2.75) is 34.4 Å². The normalized spacial score (nSPS) is 14.4. The molecule has 0 unspecified atom stereocenters. The van der Waals surface area contributed by atoms with Crippen LogP contribution in [0.3, 0.4) is 0 Å². The summed E-state index contributed by atoms with van der Waals surface area (Å²) in [7, 11) is -3.35. The number of hydrogen-bond acceptors (Lipinski definition) is 7. The minimum absolute atomic E-state index is 0.0292. The van der Waals surface area contributed by atoms with Gasteiger partial charge in [-0.2, -0.15) is 0 Å². The third-order valence-corrected chi connectivity index (χ3v) is 6.23. The van der Waals surface area contributed by atoms with E-state index in [0.29, 0.717) is 33.2 Å². The van der Waals surface area contributed by atoms with Gasteiger partial charge in [0, 0.05) is 30.6 Å². The lowest BCUT2D eigenvalue weighted by molar-refractivity contribution is 0.416. The maximum Gasteiger partial charge on any atom is 0.196 e. The Balaban J connectivity index is 1.68. The van der Waals surface area contributed by atoms with E-state index in [2.05, 4.69) is 15.0 Å². The molecule has 1 fully saturated rings. The van der Waals surface area contributed by atoms with Crippen LogP contribution in [0.5, 0.6) is 0 Å². The molecule has 9 heteroatoms. The van der Waals surface area contributed by atoms with Gasteiger partial charge in [-0.05, 0) is 54.8 Å². The molecular formula is C18H16ClN3O3S2. The van der Waals surface area contributed by atoms with Crippen LogP contribution in [0.15, 0.2) is 56.2 Å². The Morgan fingerprint density at radius 2 is 2.00 bits per heavy atom. The number of oxazole rings is 1. The molecule has 1 saturated carbocycles. The molecule has 0 saturated heterocycles. The maximum absolute atomic E-state index is 11.6. The predicted octanol–water partition coefficient (Wildman–Crippen LogP) is 4.29. The molecular weight excluding hydrogens is 406 g/mol. The van der Waals surface area contributed by atoms with E-state index in [0.717, 1.165) is 17.7 Å². The Labute approximate surface area is 166 Å². The van der Waals surface area contributed by atoms with Gasteiger partial charge in [0.15, 0.2) is 25.8 Å². The van der Waals surface area contributed by atoms with Crippen molar-refractivity contribution >= 4 is 33.2 Å². The molecule has 0 N–H and O–H groups in total. The fraction of sp³-hybridized carbons (Fsp3) is 0.278. The van der Waals surface area contributed by atoms with Crippen molar-refractivity contribution in [3.05, 3.63) is 47.6 Å². The number of rotatable bonds is 6. The minimum atomic E-state index is -3.35. The second kappa shape index (κ2) is 7.26. The van der Waals surface area contributed by atoms with Crippen molar-refractivity contribution in [2.75, 3.05) is 6.26 Å². The van der Waals surface area contributed by atoms with Gasteiger partial charge in [-0.1, -0.05) is 11.6 Å². The zero-order chi connectivity index (χ0) is 19.0. The van der Waals surface area contributed by atoms with Gasteiger partial charge in [-0.15, -0.1) is 0 Å². The lowest BCUT2D eigenvalue weighted by atomic mass is 10.2. The van der Waals surface area contributed by atoms with Gasteiger partial charge in [0.2, 0.25) is 0 Å². The molecule has 3 aromatic heterocycles. The Morgan fingerprint density at radius 1 is 1.19 bits per heavy atom. The average molecular weight is 422 g/mol. The van der Waals surface area contributed by atoms with Crippen LogP contribution in [0.1, 0.15) is 18.7 Å². The van der Waals surface area contributed by atoms with Crippen molar-refractivity contribution in [2.24, 2.45) is 5.92 Å². The lowest BCUT2D eigenvalue weighted by Gasteiger charge is -2.02. The summed E-state index contributed by atoms with van der Waals surface area (Å²) in [5.41, 5.74) is 1.34. The molecule has 27 heavy (non-hydrogen) atoms. The monoisotopic (exact) mass is 421 g/mol. The fourth-order valence-corrected chi connectivity index (χ4v) is 4.01. The first-order valence-electron chi connectivity index (χ1n) is 8.34. The minimum Gasteiger partial charge on any atom is -0.433 e. The summed E-state index contributed by atoms with van der Waals surface area (Å²) in [6.45, 7) is 0. The Morgan fingerprint density at radius 3 is 2.59 bits per heavy atom. The van der Waals surface area contributed by atoms with E-state index < -0.39 is 9.84 Å². The fourth-order valence-electron chi connectivity index (χ4n) is 2.51. The molecule has 3 heterocycles. The van der Waals surface area contributed by atoms with E-state index in [-0.39, 0.29) is 5.03 Å². The molecule has 1 aliphatic rings. The third-order valence-electron chi connectivity index (χ3n) is 4.09. The van der Waals surface area contributed by atoms with E-state index in [4.69, 9.17) is 16.0 Å². The van der Waals surface area contributed by atoms with Gasteiger partial charge in [-0.25, -0.2) is 23.4 Å². The number of halogens is 1. The molecule has 0 radical (unpaired) electrons. The smallest absolute Gasteiger partial charge is 0.196 e. The molecule has 3 aromatic rings. The summed E-state index contributed by atoms with van der Waals surface area (Å²) in [6.07, 6.45) is 7.41. The molecule has 0 aromatic carbocycles. The van der Waals surface area contributed by atoms with Crippen LogP contribution in [0.4, 0.5) is 0 Å². The van der Waals surface area contributed by atoms with E-state index in [1.807, 2.05) is 6.07 Å². The second-order valence-corrected chi connectivity index (χ2v) is 9.86. The zero-order valence-corrected chi connectivity index (χ0v) is 16.8. The summed E-state index contributed by atoms with van der Waals surface area (Å²) >= 11 is 7.25. The van der Waals surface area contributed by atoms with Crippen LogP contribution in [-0.4, -0.2) is 29.6 Å². The van der Waals surface area contributed by atoms with Crippen LogP contribution in [0, 0.1) is 5.92 Å². The van der Waals surface area contributed by atoms with Gasteiger partial charge in [-0.3, -0.25) is 0 Å². The van der Waals surface area contributed by atoms with E-state index in [1.165, 1.54) is 36.9 Å². The lowest BCUT2D eigenvalue weighted by Crippen LogP contribution is -2.00. The highest BCUT2D eigenvalue weighted by Crippen LogP contribution is 2.39. The Bertz CT molecular complexity index is 1060. The number of sulfone groups is 1. The first kappa shape index (κ1) is 18.5. The van der Waals surface area contributed by atoms with Crippen molar-refractivity contribution in [1.82, 2.24) is 15.0 Å². The van der Waals surface area contributed by atoms with Crippen LogP contribution in [0.25, 0.3) is 11.3 Å². The highest BCUT2D eigenvalue weighted by Gasteiger charge is 2.26. The molecule has 0 amide bonds. The average Bonchev–Trinajstić information content (AvgIpc) is 3.35. The Hall–Kier alpha value is -1.90. The standard InChI is InChI=1S/C18H16ClN3O3S2/c1-27(23,24)16-7-4-12(9-21-16)17-18(25-14(22-17)8-11-2-3-11)26-15-6-5-13(19)10-20-15/h4-7,9-11H,2-3,8H2,1H3. The molecule has 0 bridgehead atoms. The molecule has 0 aliphatic heterocycles. The van der Waals surface area contributed by atoms with Crippen LogP contribution < -0.4 is 0 Å². The van der Waals surface area contributed by atoms with Crippen LogP contribution in [-0.2, 0) is 16.3 Å². The second-order valence-electron chi connectivity index (χ2n) is 6.47. The van der Waals surface area contributed by atoms with Crippen LogP contribution in [0.2, 0.25) is 5.02 Å². The summed E-state index contributed by atoms with van der Waals surface area (Å²) in [4.78, 5) is 13.0. The highest BCUT2D eigenvalue weighted by atomic mass is 35.5. The van der Waals surface area contributed by atoms with E-state index in [9.17, 15) is 8.42 Å². The van der Waals surface area contributed by atoms with E-state index in [1.54, 1.807) is 18.3 Å². The molecule has 140 valence electrons. The molecule has 1 aliphatic carbocycles. The van der Waals surface area contributed by atoms with Crippen molar-refractivity contribution in [3.63, 3.8) is 0 Å². The predicted molar refractivity (Wildman–Crippen MR) is 103 cm³/mol. The topological polar surface area (TPSA) is 86.0 Å². The summed E-state index contributed by atoms with van der Waals surface area (Å²) in [5.74, 6) is 1.31. The molecule has 0 atom stereocenters. The maximum atomic E-state index is 11.6. The summed E-state index contributed by atoms with van der Waals surface area (Å²) < 4.78 is 29.2. The third kappa shape index (κ3) is 4.51. The Kier molecular flexibility index (Phi) is 4.96. The van der Waals surface area contributed by atoms with Gasteiger partial charge >= 0.3 is 0 Å². The van der Waals surface area contributed by atoms with Gasteiger partial charge < -0.3 is 4.42 Å². The number of pyridine rings is 2. The molecule has 6 nitrogen and oxygen atoms in total. The summed E-state index contributed by atoms with van der Waals surface area (Å²) in [6, 6.07) is 6.75. The summed E-state index contributed by atoms with van der Waals surface area (Å²) in [5, 5.41) is 1.93. The number of nitrogens with zero attached hydrogens (tertiary/aromatic N) is 3. The van der Waals surface area contributed by atoms with Gasteiger partial charge in [0.1, 0.15) is 10.7 Å². The molecule has 4 rings (SSSR count).